The summed E-state index contributed by atoms with van der Waals surface area (Å²) < 4.78 is 7.23. The van der Waals surface area contributed by atoms with E-state index in [4.69, 9.17) is 0 Å². The molecule has 0 aliphatic heterocycles. The molecular weight excluding hydrogens is 279 g/mol. The van der Waals surface area contributed by atoms with Gasteiger partial charge in [0.1, 0.15) is 0 Å². The molecule has 0 saturated carbocycles. The van der Waals surface area contributed by atoms with Crippen LogP contribution in [0.25, 0.3) is 0 Å². The van der Waals surface area contributed by atoms with Crippen molar-refractivity contribution in [3.05, 3.63) is 60.2 Å². The molecule has 0 atom stereocenters. The van der Waals surface area contributed by atoms with Crippen molar-refractivity contribution in [2.24, 2.45) is 0 Å². The van der Waals surface area contributed by atoms with Gasteiger partial charge < -0.3 is 0 Å². The molecule has 0 bridgehead atoms. The summed E-state index contributed by atoms with van der Waals surface area (Å²) in [5.74, 6) is -0.288. The average Bonchev–Trinajstić information content (AvgIpc) is 2.40. The number of benzene rings is 2. The Hall–Kier alpha value is -1.57. The minimum absolute atomic E-state index is 0.288. The van der Waals surface area contributed by atoms with E-state index in [0.717, 1.165) is 0 Å². The standard InChI is InChI=1S/C14H12O2Se/c1-16-14(15)11-7-9-13(10-8-11)17-12-5-3-2-4-6-12/h2-10H,1H3. The molecule has 0 radical (unpaired) electrons. The van der Waals surface area contributed by atoms with Crippen LogP contribution in [0.2, 0.25) is 0 Å². The molecule has 0 aliphatic carbocycles. The maximum atomic E-state index is 11.3. The van der Waals surface area contributed by atoms with Crippen LogP contribution in [0.4, 0.5) is 0 Å². The molecule has 0 saturated heterocycles. The molecule has 0 aliphatic rings. The summed E-state index contributed by atoms with van der Waals surface area (Å²) in [7, 11) is 1.39. The molecule has 0 heterocycles. The zero-order chi connectivity index (χ0) is 12.1. The molecule has 0 spiro atoms. The molecule has 0 N–H and O–H groups in total. The molecule has 17 heavy (non-hydrogen) atoms. The molecule has 3 heteroatoms. The Morgan fingerprint density at radius 1 is 0.941 bits per heavy atom. The summed E-state index contributed by atoms with van der Waals surface area (Å²) in [4.78, 5) is 11.3. The molecule has 0 unspecified atom stereocenters. The maximum absolute atomic E-state index is 11.3. The zero-order valence-corrected chi connectivity index (χ0v) is 11.1. The van der Waals surface area contributed by atoms with E-state index in [-0.39, 0.29) is 20.9 Å². The van der Waals surface area contributed by atoms with Crippen molar-refractivity contribution < 1.29 is 9.53 Å². The first-order chi connectivity index (χ1) is 8.29. The number of methoxy groups -OCH3 is 1. The average molecular weight is 291 g/mol. The van der Waals surface area contributed by atoms with Crippen LogP contribution in [0.15, 0.2) is 54.6 Å². The van der Waals surface area contributed by atoms with Crippen LogP contribution in [-0.2, 0) is 4.74 Å². The predicted molar refractivity (Wildman–Crippen MR) is 69.2 cm³/mol. The topological polar surface area (TPSA) is 26.3 Å². The molecule has 2 aromatic carbocycles. The van der Waals surface area contributed by atoms with Gasteiger partial charge in [-0.15, -0.1) is 0 Å². The van der Waals surface area contributed by atoms with Crippen molar-refractivity contribution in [1.29, 1.82) is 0 Å². The quantitative estimate of drug-likeness (QED) is 0.626. The van der Waals surface area contributed by atoms with E-state index in [9.17, 15) is 4.79 Å². The Morgan fingerprint density at radius 3 is 2.12 bits per heavy atom. The van der Waals surface area contributed by atoms with Gasteiger partial charge in [-0.1, -0.05) is 0 Å². The van der Waals surface area contributed by atoms with Crippen molar-refractivity contribution in [2.75, 3.05) is 7.11 Å². The van der Waals surface area contributed by atoms with Crippen molar-refractivity contribution in [3.63, 3.8) is 0 Å². The van der Waals surface area contributed by atoms with Crippen molar-refractivity contribution in [2.45, 2.75) is 0 Å². The van der Waals surface area contributed by atoms with Gasteiger partial charge in [0.25, 0.3) is 0 Å². The fourth-order valence-electron chi connectivity index (χ4n) is 1.40. The van der Waals surface area contributed by atoms with Crippen LogP contribution in [0.5, 0.6) is 0 Å². The van der Waals surface area contributed by atoms with Crippen molar-refractivity contribution in [1.82, 2.24) is 0 Å². The predicted octanol–water partition coefficient (Wildman–Crippen LogP) is 1.13. The van der Waals surface area contributed by atoms with Gasteiger partial charge in [-0.3, -0.25) is 0 Å². The molecule has 2 aromatic rings. The van der Waals surface area contributed by atoms with Crippen LogP contribution in [0.3, 0.4) is 0 Å². The third-order valence-electron chi connectivity index (χ3n) is 2.25. The SMILES string of the molecule is COC(=O)c1ccc([Se]c2ccccc2)cc1. The van der Waals surface area contributed by atoms with Crippen LogP contribution in [-0.4, -0.2) is 28.0 Å². The zero-order valence-electron chi connectivity index (χ0n) is 9.42. The third-order valence-corrected chi connectivity index (χ3v) is 4.39. The Morgan fingerprint density at radius 2 is 1.53 bits per heavy atom. The number of ether oxygens (including phenoxy) is 1. The minimum atomic E-state index is -0.288. The molecule has 0 fully saturated rings. The van der Waals surface area contributed by atoms with Crippen molar-refractivity contribution in [3.8, 4) is 0 Å². The van der Waals surface area contributed by atoms with Crippen LogP contribution in [0.1, 0.15) is 10.4 Å². The summed E-state index contributed by atoms with van der Waals surface area (Å²) >= 11 is 0.288. The fraction of sp³-hybridized carbons (Fsp3) is 0.0714. The van der Waals surface area contributed by atoms with E-state index in [1.54, 1.807) is 0 Å². The van der Waals surface area contributed by atoms with E-state index in [1.807, 2.05) is 42.5 Å². The molecule has 0 amide bonds. The van der Waals surface area contributed by atoms with E-state index in [2.05, 4.69) is 16.9 Å². The molecule has 86 valence electrons. The second-order valence-electron chi connectivity index (χ2n) is 3.43. The fourth-order valence-corrected chi connectivity index (χ4v) is 3.16. The Kier molecular flexibility index (Phi) is 3.97. The van der Waals surface area contributed by atoms with Gasteiger partial charge in [0.05, 0.1) is 0 Å². The number of hydrogen-bond donors (Lipinski definition) is 0. The van der Waals surface area contributed by atoms with E-state index < -0.39 is 0 Å². The van der Waals surface area contributed by atoms with Crippen molar-refractivity contribution >= 4 is 29.8 Å². The Balaban J connectivity index is 2.11. The number of carbonyl (C=O) groups is 1. The number of hydrogen-bond acceptors (Lipinski definition) is 2. The number of carbonyl (C=O) groups excluding carboxylic acids is 1. The molecule has 2 nitrogen and oxygen atoms in total. The van der Waals surface area contributed by atoms with E-state index >= 15 is 0 Å². The molecule has 2 rings (SSSR count). The van der Waals surface area contributed by atoms with E-state index in [1.165, 1.54) is 16.0 Å². The Labute approximate surface area is 107 Å². The summed E-state index contributed by atoms with van der Waals surface area (Å²) in [5, 5.41) is 0. The van der Waals surface area contributed by atoms with Crippen LogP contribution < -0.4 is 8.92 Å². The summed E-state index contributed by atoms with van der Waals surface area (Å²) in [6.45, 7) is 0. The second-order valence-corrected chi connectivity index (χ2v) is 5.84. The second kappa shape index (κ2) is 5.67. The molecule has 0 aromatic heterocycles. The van der Waals surface area contributed by atoms with Gasteiger partial charge in [0.2, 0.25) is 0 Å². The van der Waals surface area contributed by atoms with Gasteiger partial charge in [-0.2, -0.15) is 0 Å². The number of rotatable bonds is 3. The first-order valence-electron chi connectivity index (χ1n) is 5.21. The van der Waals surface area contributed by atoms with Gasteiger partial charge >= 0.3 is 107 Å². The molecular formula is C14H12O2Se. The van der Waals surface area contributed by atoms with Gasteiger partial charge in [-0.05, 0) is 0 Å². The van der Waals surface area contributed by atoms with E-state index in [0.29, 0.717) is 5.56 Å². The summed E-state index contributed by atoms with van der Waals surface area (Å²) in [6.07, 6.45) is 0. The monoisotopic (exact) mass is 292 g/mol. The number of esters is 1. The van der Waals surface area contributed by atoms with Crippen LogP contribution in [0, 0.1) is 0 Å². The first kappa shape index (κ1) is 11.9. The van der Waals surface area contributed by atoms with Gasteiger partial charge in [0, 0.05) is 0 Å². The third kappa shape index (κ3) is 3.19. The summed E-state index contributed by atoms with van der Waals surface area (Å²) in [5.41, 5.74) is 0.597. The van der Waals surface area contributed by atoms with Crippen LogP contribution >= 0.6 is 0 Å². The van der Waals surface area contributed by atoms with Gasteiger partial charge in [0.15, 0.2) is 0 Å². The Bertz CT molecular complexity index is 491. The normalized spacial score (nSPS) is 9.94. The summed E-state index contributed by atoms with van der Waals surface area (Å²) in [6, 6.07) is 17.9. The first-order valence-corrected chi connectivity index (χ1v) is 6.92. The van der Waals surface area contributed by atoms with Gasteiger partial charge in [-0.25, -0.2) is 0 Å².